The molecule has 0 fully saturated rings. The lowest BCUT2D eigenvalue weighted by Gasteiger charge is -2.10. The van der Waals surface area contributed by atoms with Crippen molar-refractivity contribution in [1.29, 1.82) is 0 Å². The van der Waals surface area contributed by atoms with E-state index in [4.69, 9.17) is 11.6 Å². The van der Waals surface area contributed by atoms with Gasteiger partial charge in [0.2, 0.25) is 0 Å². The van der Waals surface area contributed by atoms with Crippen LogP contribution in [-0.2, 0) is 7.05 Å². The Morgan fingerprint density at radius 3 is 2.42 bits per heavy atom. The van der Waals surface area contributed by atoms with Crippen LogP contribution in [-0.4, -0.2) is 21.6 Å². The molecule has 0 radical (unpaired) electrons. The molecule has 0 saturated heterocycles. The molecule has 7 nitrogen and oxygen atoms in total. The van der Waals surface area contributed by atoms with E-state index in [-0.39, 0.29) is 21.8 Å². The molecule has 132 valence electrons. The van der Waals surface area contributed by atoms with Crippen molar-refractivity contribution in [2.24, 2.45) is 7.05 Å². The Kier molecular flexibility index (Phi) is 4.68. The average Bonchev–Trinajstić information content (AvgIpc) is 2.62. The van der Waals surface area contributed by atoms with E-state index in [1.54, 1.807) is 24.3 Å². The molecular formula is C17H12ClFN4O3. The number of hydrogen-bond acceptors (Lipinski definition) is 4. The minimum Gasteiger partial charge on any atom is -0.267 e. The summed E-state index contributed by atoms with van der Waals surface area (Å²) in [7, 11) is 1.42. The van der Waals surface area contributed by atoms with Gasteiger partial charge in [-0.05, 0) is 24.3 Å². The van der Waals surface area contributed by atoms with Crippen molar-refractivity contribution >= 4 is 34.2 Å². The predicted molar refractivity (Wildman–Crippen MR) is 93.3 cm³/mol. The van der Waals surface area contributed by atoms with Crippen LogP contribution < -0.4 is 16.4 Å². The topological polar surface area (TPSA) is 93.1 Å². The Bertz CT molecular complexity index is 1100. The number of nitrogens with zero attached hydrogens (tertiary/aromatic N) is 2. The Morgan fingerprint density at radius 2 is 1.73 bits per heavy atom. The van der Waals surface area contributed by atoms with Gasteiger partial charge in [-0.2, -0.15) is 5.10 Å². The van der Waals surface area contributed by atoms with Crippen LogP contribution in [0, 0.1) is 5.82 Å². The van der Waals surface area contributed by atoms with E-state index in [1.165, 1.54) is 13.1 Å². The summed E-state index contributed by atoms with van der Waals surface area (Å²) in [5, 5.41) is 4.52. The number of hydrogen-bond donors (Lipinski definition) is 2. The van der Waals surface area contributed by atoms with Gasteiger partial charge in [-0.15, -0.1) is 0 Å². The maximum atomic E-state index is 13.0. The molecule has 2 aromatic carbocycles. The molecular weight excluding hydrogens is 363 g/mol. The second-order valence-corrected chi connectivity index (χ2v) is 5.76. The number of amides is 2. The van der Waals surface area contributed by atoms with Gasteiger partial charge in [0.15, 0.2) is 5.69 Å². The Labute approximate surface area is 151 Å². The predicted octanol–water partition coefficient (Wildman–Crippen LogP) is 1.80. The quantitative estimate of drug-likeness (QED) is 0.669. The fraction of sp³-hybridized carbons (Fsp3) is 0.0588. The van der Waals surface area contributed by atoms with Crippen molar-refractivity contribution in [2.45, 2.75) is 0 Å². The molecule has 0 spiro atoms. The van der Waals surface area contributed by atoms with Gasteiger partial charge < -0.3 is 0 Å². The Morgan fingerprint density at radius 1 is 1.08 bits per heavy atom. The highest BCUT2D eigenvalue weighted by atomic mass is 35.5. The van der Waals surface area contributed by atoms with Gasteiger partial charge in [-0.25, -0.2) is 9.07 Å². The van der Waals surface area contributed by atoms with Crippen LogP contribution in [0.2, 0.25) is 5.02 Å². The first kappa shape index (κ1) is 17.6. The number of halogens is 2. The lowest BCUT2D eigenvalue weighted by Crippen LogP contribution is -2.42. The zero-order valence-corrected chi connectivity index (χ0v) is 14.2. The fourth-order valence-corrected chi connectivity index (χ4v) is 2.63. The van der Waals surface area contributed by atoms with E-state index in [2.05, 4.69) is 16.0 Å². The van der Waals surface area contributed by atoms with Crippen LogP contribution in [0.4, 0.5) is 4.39 Å². The van der Waals surface area contributed by atoms with E-state index in [0.717, 1.165) is 16.8 Å². The standard InChI is InChI=1S/C17H12ClFN4O3/c1-23-17(26)11-5-3-2-4-10(11)14(22-23)16(25)21-20-15(24)12-7-6-9(19)8-13(12)18/h2-8H,1H3,(H,20,24)(H,21,25). The first-order valence-electron chi connectivity index (χ1n) is 7.40. The number of carbonyl (C=O) groups is 2. The van der Waals surface area contributed by atoms with Gasteiger partial charge in [0.25, 0.3) is 17.4 Å². The molecule has 3 rings (SSSR count). The summed E-state index contributed by atoms with van der Waals surface area (Å²) in [6.07, 6.45) is 0. The zero-order valence-electron chi connectivity index (χ0n) is 13.4. The van der Waals surface area contributed by atoms with Crippen LogP contribution in [0.1, 0.15) is 20.8 Å². The van der Waals surface area contributed by atoms with Crippen molar-refractivity contribution in [3.05, 3.63) is 74.9 Å². The number of nitrogens with one attached hydrogen (secondary N) is 2. The first-order chi connectivity index (χ1) is 12.4. The number of rotatable bonds is 2. The number of benzene rings is 2. The molecule has 2 amide bonds. The summed E-state index contributed by atoms with van der Waals surface area (Å²) in [6.45, 7) is 0. The molecule has 0 saturated carbocycles. The third-order valence-electron chi connectivity index (χ3n) is 3.64. The second-order valence-electron chi connectivity index (χ2n) is 5.36. The summed E-state index contributed by atoms with van der Waals surface area (Å²) in [6, 6.07) is 9.75. The summed E-state index contributed by atoms with van der Waals surface area (Å²) < 4.78 is 14.1. The van der Waals surface area contributed by atoms with Crippen molar-refractivity contribution in [2.75, 3.05) is 0 Å². The van der Waals surface area contributed by atoms with Gasteiger partial charge in [0.05, 0.1) is 16.0 Å². The summed E-state index contributed by atoms with van der Waals surface area (Å²) >= 11 is 5.81. The van der Waals surface area contributed by atoms with E-state index >= 15 is 0 Å². The number of hydrazine groups is 1. The van der Waals surface area contributed by atoms with E-state index in [9.17, 15) is 18.8 Å². The molecule has 26 heavy (non-hydrogen) atoms. The number of aromatic nitrogens is 2. The third kappa shape index (κ3) is 3.27. The lowest BCUT2D eigenvalue weighted by molar-refractivity contribution is 0.0844. The number of carbonyl (C=O) groups excluding carboxylic acids is 2. The molecule has 0 aliphatic heterocycles. The van der Waals surface area contributed by atoms with E-state index in [1.807, 2.05) is 0 Å². The number of fused-ring (bicyclic) bond motifs is 1. The van der Waals surface area contributed by atoms with Crippen LogP contribution >= 0.6 is 11.6 Å². The molecule has 2 N–H and O–H groups in total. The highest BCUT2D eigenvalue weighted by Crippen LogP contribution is 2.17. The van der Waals surface area contributed by atoms with Gasteiger partial charge in [0, 0.05) is 12.4 Å². The van der Waals surface area contributed by atoms with Gasteiger partial charge in [-0.1, -0.05) is 29.8 Å². The zero-order chi connectivity index (χ0) is 18.8. The van der Waals surface area contributed by atoms with Gasteiger partial charge in [-0.3, -0.25) is 25.2 Å². The van der Waals surface area contributed by atoms with Crippen LogP contribution in [0.3, 0.4) is 0 Å². The smallest absolute Gasteiger partial charge is 0.267 e. The fourth-order valence-electron chi connectivity index (χ4n) is 2.38. The number of aryl methyl sites for hydroxylation is 1. The molecule has 1 heterocycles. The molecule has 0 atom stereocenters. The van der Waals surface area contributed by atoms with Gasteiger partial charge >= 0.3 is 0 Å². The monoisotopic (exact) mass is 374 g/mol. The molecule has 0 aliphatic carbocycles. The SMILES string of the molecule is Cn1nc(C(=O)NNC(=O)c2ccc(F)cc2Cl)c2ccccc2c1=O. The third-order valence-corrected chi connectivity index (χ3v) is 3.95. The minimum absolute atomic E-state index is 0.00774. The first-order valence-corrected chi connectivity index (χ1v) is 7.78. The lowest BCUT2D eigenvalue weighted by atomic mass is 10.1. The molecule has 0 bridgehead atoms. The normalized spacial score (nSPS) is 10.6. The molecule has 9 heteroatoms. The summed E-state index contributed by atoms with van der Waals surface area (Å²) in [4.78, 5) is 36.6. The largest absolute Gasteiger partial charge is 0.290 e. The highest BCUT2D eigenvalue weighted by molar-refractivity contribution is 6.33. The Hall–Kier alpha value is -3.26. The molecule has 0 unspecified atom stereocenters. The van der Waals surface area contributed by atoms with Crippen molar-refractivity contribution in [1.82, 2.24) is 20.6 Å². The van der Waals surface area contributed by atoms with Crippen LogP contribution in [0.15, 0.2) is 47.3 Å². The maximum Gasteiger partial charge on any atom is 0.290 e. The summed E-state index contributed by atoms with van der Waals surface area (Å²) in [5.41, 5.74) is 4.00. The maximum absolute atomic E-state index is 13.0. The van der Waals surface area contributed by atoms with E-state index in [0.29, 0.717) is 10.8 Å². The molecule has 3 aromatic rings. The molecule has 0 aliphatic rings. The van der Waals surface area contributed by atoms with Crippen molar-refractivity contribution < 1.29 is 14.0 Å². The Balaban J connectivity index is 1.85. The highest BCUT2D eigenvalue weighted by Gasteiger charge is 2.17. The second kappa shape index (κ2) is 6.93. The van der Waals surface area contributed by atoms with Crippen molar-refractivity contribution in [3.63, 3.8) is 0 Å². The summed E-state index contributed by atoms with van der Waals surface area (Å²) in [5.74, 6) is -2.03. The van der Waals surface area contributed by atoms with Crippen LogP contribution in [0.5, 0.6) is 0 Å². The van der Waals surface area contributed by atoms with Gasteiger partial charge in [0.1, 0.15) is 5.82 Å². The average molecular weight is 375 g/mol. The molecule has 1 aromatic heterocycles. The van der Waals surface area contributed by atoms with Crippen molar-refractivity contribution in [3.8, 4) is 0 Å². The van der Waals surface area contributed by atoms with E-state index < -0.39 is 17.6 Å². The minimum atomic E-state index is -0.725. The van der Waals surface area contributed by atoms with Crippen LogP contribution in [0.25, 0.3) is 10.8 Å².